The van der Waals surface area contributed by atoms with E-state index in [1.165, 1.54) is 18.0 Å². The van der Waals surface area contributed by atoms with Crippen LogP contribution in [0, 0.1) is 12.3 Å². The second kappa shape index (κ2) is 13.0. The lowest BCUT2D eigenvalue weighted by Gasteiger charge is -2.45. The number of nitrogens with zero attached hydrogens (tertiary/aromatic N) is 4. The minimum absolute atomic E-state index is 0.0318. The highest BCUT2D eigenvalue weighted by atomic mass is 35.5. The maximum atomic E-state index is 14.5. The van der Waals surface area contributed by atoms with Crippen LogP contribution in [0.4, 0.5) is 19.4 Å². The Morgan fingerprint density at radius 1 is 1.23 bits per heavy atom. The molecule has 2 aromatic rings. The van der Waals surface area contributed by atoms with E-state index in [2.05, 4.69) is 20.3 Å². The van der Waals surface area contributed by atoms with Crippen molar-refractivity contribution in [1.29, 1.82) is 0 Å². The van der Waals surface area contributed by atoms with E-state index < -0.39 is 35.5 Å². The van der Waals surface area contributed by atoms with Gasteiger partial charge >= 0.3 is 12.1 Å². The van der Waals surface area contributed by atoms with Crippen LogP contribution >= 0.6 is 35.0 Å². The molecule has 1 atom stereocenters. The van der Waals surface area contributed by atoms with Gasteiger partial charge in [-0.3, -0.25) is 0 Å². The molecule has 40 heavy (non-hydrogen) atoms. The van der Waals surface area contributed by atoms with Crippen molar-refractivity contribution >= 4 is 52.8 Å². The van der Waals surface area contributed by atoms with Crippen molar-refractivity contribution in [3.8, 4) is 0 Å². The molecule has 9 nitrogen and oxygen atoms in total. The van der Waals surface area contributed by atoms with E-state index in [0.717, 1.165) is 0 Å². The van der Waals surface area contributed by atoms with E-state index in [1.807, 2.05) is 0 Å². The Bertz CT molecular complexity index is 1240. The van der Waals surface area contributed by atoms with E-state index in [1.54, 1.807) is 52.5 Å². The van der Waals surface area contributed by atoms with Crippen molar-refractivity contribution < 1.29 is 27.8 Å². The van der Waals surface area contributed by atoms with Gasteiger partial charge in [0.1, 0.15) is 15.8 Å². The summed E-state index contributed by atoms with van der Waals surface area (Å²) in [5.41, 5.74) is -1.78. The van der Waals surface area contributed by atoms with Crippen molar-refractivity contribution in [2.45, 2.75) is 82.4 Å². The monoisotopic (exact) mass is 619 g/mol. The molecule has 1 aliphatic rings. The van der Waals surface area contributed by atoms with Crippen LogP contribution in [0.5, 0.6) is 0 Å². The number of esters is 1. The number of nitrogens with one attached hydrogen (secondary N) is 1. The number of anilines is 1. The minimum atomic E-state index is -2.70. The van der Waals surface area contributed by atoms with Gasteiger partial charge in [-0.1, -0.05) is 35.0 Å². The molecule has 1 saturated heterocycles. The Morgan fingerprint density at radius 3 is 2.45 bits per heavy atom. The van der Waals surface area contributed by atoms with E-state index in [4.69, 9.17) is 32.7 Å². The van der Waals surface area contributed by atoms with Crippen LogP contribution in [-0.4, -0.2) is 64.8 Å². The number of carbonyl (C=O) groups excluding carboxylic acids is 2. The lowest BCUT2D eigenvalue weighted by Crippen LogP contribution is -2.56. The molecule has 0 radical (unpaired) electrons. The lowest BCUT2D eigenvalue weighted by atomic mass is 9.73. The molecular weight excluding hydrogens is 587 g/mol. The van der Waals surface area contributed by atoms with Crippen LogP contribution in [0.25, 0.3) is 0 Å². The van der Waals surface area contributed by atoms with Crippen LogP contribution in [-0.2, 0) is 9.47 Å². The van der Waals surface area contributed by atoms with Crippen LogP contribution < -0.4 is 10.2 Å². The molecule has 1 N–H and O–H groups in total. The predicted molar refractivity (Wildman–Crippen MR) is 150 cm³/mol. The average molecular weight is 621 g/mol. The Kier molecular flexibility index (Phi) is 10.5. The maximum Gasteiger partial charge on any atom is 0.407 e. The molecule has 14 heteroatoms. The normalized spacial score (nSPS) is 16.0. The Hall–Kier alpha value is -2.44. The summed E-state index contributed by atoms with van der Waals surface area (Å²) in [5, 5.41) is 3.37. The van der Waals surface area contributed by atoms with Gasteiger partial charge in [0.15, 0.2) is 11.5 Å². The van der Waals surface area contributed by atoms with Gasteiger partial charge in [-0.2, -0.15) is 0 Å². The first-order valence-corrected chi connectivity index (χ1v) is 14.3. The highest BCUT2D eigenvalue weighted by Crippen LogP contribution is 2.43. The number of amides is 1. The summed E-state index contributed by atoms with van der Waals surface area (Å²) in [6, 6.07) is 0.802. The number of rotatable bonds is 8. The number of aryl methyl sites for hydroxylation is 1. The van der Waals surface area contributed by atoms with Crippen molar-refractivity contribution in [2.24, 2.45) is 5.41 Å². The molecular formula is C26H33Cl2F2N5O4S. The van der Waals surface area contributed by atoms with E-state index in [0.29, 0.717) is 15.6 Å². The third kappa shape index (κ3) is 7.44. The lowest BCUT2D eigenvalue weighted by molar-refractivity contribution is -0.0463. The first-order valence-electron chi connectivity index (χ1n) is 12.7. The summed E-state index contributed by atoms with van der Waals surface area (Å²) in [7, 11) is 0. The van der Waals surface area contributed by atoms with Crippen LogP contribution in [0.15, 0.2) is 22.2 Å². The summed E-state index contributed by atoms with van der Waals surface area (Å²) >= 11 is 13.5. The molecule has 1 aliphatic heterocycles. The van der Waals surface area contributed by atoms with Crippen molar-refractivity contribution in [1.82, 2.24) is 20.3 Å². The van der Waals surface area contributed by atoms with E-state index in [-0.39, 0.29) is 54.2 Å². The van der Waals surface area contributed by atoms with E-state index in [9.17, 15) is 18.4 Å². The first kappa shape index (κ1) is 32.1. The number of aromatic nitrogens is 3. The quantitative estimate of drug-likeness (QED) is 0.259. The average Bonchev–Trinajstić information content (AvgIpc) is 2.86. The largest absolute Gasteiger partial charge is 0.461 e. The molecule has 3 rings (SSSR count). The Labute approximate surface area is 246 Å². The Balaban J connectivity index is 1.88. The van der Waals surface area contributed by atoms with Gasteiger partial charge in [0.25, 0.3) is 0 Å². The van der Waals surface area contributed by atoms with Gasteiger partial charge in [0, 0.05) is 30.2 Å². The predicted octanol–water partition coefficient (Wildman–Crippen LogP) is 6.58. The van der Waals surface area contributed by atoms with Gasteiger partial charge in [-0.15, -0.1) is 0 Å². The zero-order valence-electron chi connectivity index (χ0n) is 23.2. The fraction of sp³-hybridized carbons (Fsp3) is 0.577. The van der Waals surface area contributed by atoms with Crippen LogP contribution in [0.3, 0.4) is 0 Å². The van der Waals surface area contributed by atoms with E-state index >= 15 is 0 Å². The smallest absolute Gasteiger partial charge is 0.407 e. The molecule has 1 fully saturated rings. The molecule has 1 unspecified atom stereocenters. The van der Waals surface area contributed by atoms with Gasteiger partial charge < -0.3 is 19.7 Å². The number of piperidine rings is 1. The SMILES string of the molecule is CCOC(=O)c1nc(Sc2ccnc(Cl)c2Cl)c(C)nc1N1CCC(C(F)F)(C(C)NC(=O)OC(C)(C)C)CC1. The van der Waals surface area contributed by atoms with Crippen molar-refractivity contribution in [2.75, 3.05) is 24.6 Å². The number of halogens is 4. The number of hydrogen-bond donors (Lipinski definition) is 1. The number of alkyl carbamates (subject to hydrolysis) is 1. The Morgan fingerprint density at radius 2 is 1.88 bits per heavy atom. The molecule has 220 valence electrons. The molecule has 0 spiro atoms. The standard InChI is InChI=1S/C26H33Cl2F2N5O4S/c1-7-38-22(36)18-20(32-14(2)21(34-18)40-16-8-11-31-19(28)17(16)27)35-12-9-26(10-13-35,23(29)30)15(3)33-24(37)39-25(4,5)6/h8,11,15,23H,7,9-10,12-13H2,1-6H3,(H,33,37). The second-order valence-electron chi connectivity index (χ2n) is 10.4. The second-order valence-corrected chi connectivity index (χ2v) is 12.2. The fourth-order valence-corrected chi connectivity index (χ4v) is 5.63. The summed E-state index contributed by atoms with van der Waals surface area (Å²) in [4.78, 5) is 40.7. The summed E-state index contributed by atoms with van der Waals surface area (Å²) < 4.78 is 39.5. The zero-order valence-corrected chi connectivity index (χ0v) is 25.5. The van der Waals surface area contributed by atoms with Crippen LogP contribution in [0.2, 0.25) is 10.2 Å². The van der Waals surface area contributed by atoms with Crippen LogP contribution in [0.1, 0.15) is 63.6 Å². The zero-order chi connectivity index (χ0) is 29.8. The molecule has 0 bridgehead atoms. The highest BCUT2D eigenvalue weighted by Gasteiger charge is 2.48. The number of alkyl halides is 2. The third-order valence-electron chi connectivity index (χ3n) is 6.52. The fourth-order valence-electron chi connectivity index (χ4n) is 4.33. The van der Waals surface area contributed by atoms with Gasteiger partial charge in [0.2, 0.25) is 6.43 Å². The number of pyridine rings is 1. The number of carbonyl (C=O) groups is 2. The highest BCUT2D eigenvalue weighted by molar-refractivity contribution is 7.99. The minimum Gasteiger partial charge on any atom is -0.461 e. The molecule has 0 aliphatic carbocycles. The van der Waals surface area contributed by atoms with Crippen molar-refractivity contribution in [3.63, 3.8) is 0 Å². The maximum absolute atomic E-state index is 14.5. The third-order valence-corrected chi connectivity index (χ3v) is 8.54. The molecule has 3 heterocycles. The molecule has 1 amide bonds. The molecule has 0 aromatic carbocycles. The summed E-state index contributed by atoms with van der Waals surface area (Å²) in [6.07, 6.45) is -1.88. The van der Waals surface area contributed by atoms with Gasteiger partial charge in [-0.25, -0.2) is 33.3 Å². The summed E-state index contributed by atoms with van der Waals surface area (Å²) in [6.45, 7) is 10.5. The first-order chi connectivity index (χ1) is 18.7. The summed E-state index contributed by atoms with van der Waals surface area (Å²) in [5.74, 6) is -0.439. The van der Waals surface area contributed by atoms with Crippen molar-refractivity contribution in [3.05, 3.63) is 33.8 Å². The van der Waals surface area contributed by atoms with Gasteiger partial charge in [0.05, 0.1) is 22.7 Å². The molecule has 2 aromatic heterocycles. The number of hydrogen-bond acceptors (Lipinski definition) is 9. The topological polar surface area (TPSA) is 107 Å². The van der Waals surface area contributed by atoms with Gasteiger partial charge in [-0.05, 0) is 60.5 Å². The molecule has 0 saturated carbocycles. The number of ether oxygens (including phenoxy) is 2.